The maximum Gasteiger partial charge on any atom is 0.0714 e. The van der Waals surface area contributed by atoms with Gasteiger partial charge in [-0.15, -0.1) is 0 Å². The number of nitrogens with zero attached hydrogens (tertiary/aromatic N) is 1. The Morgan fingerprint density at radius 1 is 1.21 bits per heavy atom. The molecule has 24 heavy (non-hydrogen) atoms. The zero-order chi connectivity index (χ0) is 17.2. The Labute approximate surface area is 147 Å². The van der Waals surface area contributed by atoms with Crippen LogP contribution in [0.3, 0.4) is 0 Å². The molecule has 1 saturated heterocycles. The van der Waals surface area contributed by atoms with Crippen LogP contribution < -0.4 is 0 Å². The van der Waals surface area contributed by atoms with E-state index in [1.54, 1.807) is 0 Å². The molecule has 1 aliphatic heterocycles. The summed E-state index contributed by atoms with van der Waals surface area (Å²) in [6.45, 7) is 12.2. The number of allylic oxidation sites excluding steroid dienone is 3. The van der Waals surface area contributed by atoms with Gasteiger partial charge in [0.25, 0.3) is 0 Å². The molecule has 0 unspecified atom stereocenters. The summed E-state index contributed by atoms with van der Waals surface area (Å²) in [6, 6.07) is 8.86. The molecule has 1 aromatic carbocycles. The Morgan fingerprint density at radius 2 is 1.92 bits per heavy atom. The number of hydrogen-bond acceptors (Lipinski definition) is 2. The number of piperidine rings is 1. The zero-order valence-corrected chi connectivity index (χ0v) is 15.2. The number of benzene rings is 1. The number of aryl methyl sites for hydroxylation is 1. The minimum atomic E-state index is 0.371. The first-order valence-corrected chi connectivity index (χ1v) is 9.08. The van der Waals surface area contributed by atoms with E-state index in [1.165, 1.54) is 11.1 Å². The molecule has 0 saturated carbocycles. The van der Waals surface area contributed by atoms with Gasteiger partial charge < -0.3 is 4.74 Å². The van der Waals surface area contributed by atoms with Crippen LogP contribution in [0.15, 0.2) is 60.7 Å². The predicted octanol–water partition coefficient (Wildman–Crippen LogP) is 5.05. The highest BCUT2D eigenvalue weighted by Gasteiger charge is 2.19. The molecule has 0 N–H and O–H groups in total. The normalized spacial score (nSPS) is 17.1. The molecule has 0 radical (unpaired) electrons. The Balaban J connectivity index is 1.65. The van der Waals surface area contributed by atoms with E-state index >= 15 is 0 Å². The van der Waals surface area contributed by atoms with E-state index in [-0.39, 0.29) is 0 Å². The zero-order valence-electron chi connectivity index (χ0n) is 15.2. The fourth-order valence-corrected chi connectivity index (χ4v) is 2.87. The molecule has 0 bridgehead atoms. The average molecular weight is 325 g/mol. The summed E-state index contributed by atoms with van der Waals surface area (Å²) in [5.74, 6) is 0. The van der Waals surface area contributed by atoms with Gasteiger partial charge in [0.2, 0.25) is 0 Å². The first-order chi connectivity index (χ1) is 11.7. The molecular formula is C22H31NO. The van der Waals surface area contributed by atoms with Crippen molar-refractivity contribution in [2.24, 2.45) is 0 Å². The highest BCUT2D eigenvalue weighted by atomic mass is 16.5. The first-order valence-electron chi connectivity index (χ1n) is 9.08. The van der Waals surface area contributed by atoms with Gasteiger partial charge in [-0.2, -0.15) is 0 Å². The molecule has 2 rings (SSSR count). The smallest absolute Gasteiger partial charge is 0.0714 e. The highest BCUT2D eigenvalue weighted by molar-refractivity contribution is 5.21. The summed E-state index contributed by atoms with van der Waals surface area (Å²) in [6.07, 6.45) is 11.9. The number of hydrogen-bond donors (Lipinski definition) is 0. The van der Waals surface area contributed by atoms with Gasteiger partial charge in [-0.05, 0) is 37.3 Å². The maximum atomic E-state index is 6.01. The van der Waals surface area contributed by atoms with Gasteiger partial charge in [-0.3, -0.25) is 4.90 Å². The second kappa shape index (κ2) is 10.3. The van der Waals surface area contributed by atoms with Gasteiger partial charge in [0, 0.05) is 19.6 Å². The van der Waals surface area contributed by atoms with Crippen LogP contribution in [0.2, 0.25) is 0 Å². The van der Waals surface area contributed by atoms with E-state index < -0.39 is 0 Å². The van der Waals surface area contributed by atoms with Crippen LogP contribution in [0.25, 0.3) is 0 Å². The molecule has 1 aliphatic rings. The van der Waals surface area contributed by atoms with Crippen LogP contribution in [-0.4, -0.2) is 30.7 Å². The van der Waals surface area contributed by atoms with Crippen molar-refractivity contribution in [3.63, 3.8) is 0 Å². The van der Waals surface area contributed by atoms with Gasteiger partial charge in [-0.25, -0.2) is 0 Å². The quantitative estimate of drug-likeness (QED) is 0.620. The third-order valence-electron chi connectivity index (χ3n) is 4.38. The van der Waals surface area contributed by atoms with Crippen molar-refractivity contribution < 1.29 is 4.74 Å². The van der Waals surface area contributed by atoms with E-state index in [0.717, 1.165) is 44.5 Å². The van der Waals surface area contributed by atoms with Crippen LogP contribution in [0, 0.1) is 6.92 Å². The molecule has 0 aromatic heterocycles. The second-order valence-corrected chi connectivity index (χ2v) is 6.63. The topological polar surface area (TPSA) is 12.5 Å². The standard InChI is InChI=1S/C22H31NO/c1-4-5-6-7-8-20(3)18-24-22-13-15-23(16-14-22)17-21-11-9-19(2)10-12-21/h5-12,22H,3-4,13-18H2,1-2H3/b6-5-,8-7-. The molecule has 0 spiro atoms. The van der Waals surface area contributed by atoms with E-state index in [1.807, 2.05) is 12.2 Å². The number of ether oxygens (including phenoxy) is 1. The molecule has 1 aromatic rings. The van der Waals surface area contributed by atoms with Gasteiger partial charge >= 0.3 is 0 Å². The highest BCUT2D eigenvalue weighted by Crippen LogP contribution is 2.17. The fraction of sp³-hybridized carbons (Fsp3) is 0.455. The molecule has 0 atom stereocenters. The Morgan fingerprint density at radius 3 is 2.58 bits per heavy atom. The average Bonchev–Trinajstić information content (AvgIpc) is 2.60. The first kappa shape index (κ1) is 18.7. The van der Waals surface area contributed by atoms with E-state index in [4.69, 9.17) is 4.74 Å². The summed E-state index contributed by atoms with van der Waals surface area (Å²) < 4.78 is 6.01. The third kappa shape index (κ3) is 6.86. The van der Waals surface area contributed by atoms with E-state index in [9.17, 15) is 0 Å². The van der Waals surface area contributed by atoms with Crippen molar-refractivity contribution >= 4 is 0 Å². The molecule has 0 amide bonds. The summed E-state index contributed by atoms with van der Waals surface area (Å²) in [7, 11) is 0. The van der Waals surface area contributed by atoms with Crippen molar-refractivity contribution in [3.8, 4) is 0 Å². The number of likely N-dealkylation sites (tertiary alicyclic amines) is 1. The summed E-state index contributed by atoms with van der Waals surface area (Å²) >= 11 is 0. The predicted molar refractivity (Wildman–Crippen MR) is 103 cm³/mol. The van der Waals surface area contributed by atoms with Crippen LogP contribution in [0.5, 0.6) is 0 Å². The van der Waals surface area contributed by atoms with Crippen LogP contribution in [0.1, 0.15) is 37.3 Å². The van der Waals surface area contributed by atoms with Crippen molar-refractivity contribution in [3.05, 3.63) is 71.8 Å². The molecule has 0 aliphatic carbocycles. The van der Waals surface area contributed by atoms with Crippen LogP contribution in [0.4, 0.5) is 0 Å². The monoisotopic (exact) mass is 325 g/mol. The fourth-order valence-electron chi connectivity index (χ4n) is 2.87. The van der Waals surface area contributed by atoms with Crippen molar-refractivity contribution in [1.29, 1.82) is 0 Å². The molecule has 1 heterocycles. The molecule has 130 valence electrons. The van der Waals surface area contributed by atoms with E-state index in [0.29, 0.717) is 12.7 Å². The van der Waals surface area contributed by atoms with Crippen molar-refractivity contribution in [2.75, 3.05) is 19.7 Å². The lowest BCUT2D eigenvalue weighted by atomic mass is 10.1. The third-order valence-corrected chi connectivity index (χ3v) is 4.38. The summed E-state index contributed by atoms with van der Waals surface area (Å²) in [5.41, 5.74) is 3.77. The minimum Gasteiger partial charge on any atom is -0.373 e. The maximum absolute atomic E-state index is 6.01. The lowest BCUT2D eigenvalue weighted by molar-refractivity contribution is 0.0181. The Bertz CT molecular complexity index is 548. The lowest BCUT2D eigenvalue weighted by Crippen LogP contribution is -2.36. The summed E-state index contributed by atoms with van der Waals surface area (Å²) in [5, 5.41) is 0. The van der Waals surface area contributed by atoms with Gasteiger partial charge in [-0.1, -0.05) is 67.6 Å². The minimum absolute atomic E-state index is 0.371. The van der Waals surface area contributed by atoms with Crippen molar-refractivity contribution in [1.82, 2.24) is 4.90 Å². The van der Waals surface area contributed by atoms with Crippen LogP contribution >= 0.6 is 0 Å². The summed E-state index contributed by atoms with van der Waals surface area (Å²) in [4.78, 5) is 2.52. The van der Waals surface area contributed by atoms with Crippen molar-refractivity contribution in [2.45, 2.75) is 45.8 Å². The van der Waals surface area contributed by atoms with Gasteiger partial charge in [0.1, 0.15) is 0 Å². The largest absolute Gasteiger partial charge is 0.373 e. The second-order valence-electron chi connectivity index (χ2n) is 6.63. The van der Waals surface area contributed by atoms with E-state index in [2.05, 4.69) is 61.7 Å². The van der Waals surface area contributed by atoms with Crippen LogP contribution in [-0.2, 0) is 11.3 Å². The SMILES string of the molecule is C=C(/C=C\C=C/CC)COC1CCN(Cc2ccc(C)cc2)CC1. The number of rotatable bonds is 8. The molecule has 2 heteroatoms. The molecule has 2 nitrogen and oxygen atoms in total. The molecule has 1 fully saturated rings. The Kier molecular flexibility index (Phi) is 8.00. The van der Waals surface area contributed by atoms with Gasteiger partial charge in [0.15, 0.2) is 0 Å². The van der Waals surface area contributed by atoms with Gasteiger partial charge in [0.05, 0.1) is 12.7 Å². The lowest BCUT2D eigenvalue weighted by Gasteiger charge is -2.32. The Hall–Kier alpha value is -1.64. The molecular weight excluding hydrogens is 294 g/mol.